The van der Waals surface area contributed by atoms with Gasteiger partial charge in [-0.2, -0.15) is 22.1 Å². The molecule has 3 rings (SSSR count). The van der Waals surface area contributed by atoms with Crippen LogP contribution in [0.2, 0.25) is 0 Å². The van der Waals surface area contributed by atoms with E-state index in [1.165, 1.54) is 4.31 Å². The first-order valence-corrected chi connectivity index (χ1v) is 10.7. The van der Waals surface area contributed by atoms with Crippen LogP contribution >= 0.6 is 0 Å². The predicted molar refractivity (Wildman–Crippen MR) is 104 cm³/mol. The molecule has 1 atom stereocenters. The Morgan fingerprint density at radius 1 is 1.26 bits per heavy atom. The minimum absolute atomic E-state index is 0.226. The van der Waals surface area contributed by atoms with E-state index in [0.717, 1.165) is 29.8 Å². The molecule has 0 radical (unpaired) electrons. The van der Waals surface area contributed by atoms with Crippen molar-refractivity contribution in [3.63, 3.8) is 0 Å². The zero-order valence-electron chi connectivity index (χ0n) is 16.4. The molecule has 148 valence electrons. The van der Waals surface area contributed by atoms with E-state index < -0.39 is 10.2 Å². The maximum Gasteiger partial charge on any atom is 0.281 e. The maximum absolute atomic E-state index is 12.5. The van der Waals surface area contributed by atoms with Crippen LogP contribution < -0.4 is 0 Å². The lowest BCUT2D eigenvalue weighted by Crippen LogP contribution is -2.45. The van der Waals surface area contributed by atoms with Crippen molar-refractivity contribution >= 4 is 10.2 Å². The van der Waals surface area contributed by atoms with Gasteiger partial charge in [0.1, 0.15) is 0 Å². The standard InChI is InChI=1S/C18H28N6O2S/c1-14(2)24-13-16(11-21-24)18-17(19-7-8-20-18)10-15-6-5-9-23(12-15)27(25,26)22(3)4/h7-8,11,13-15H,5-6,9-10,12H2,1-4H3/t15-/m0/s1. The predicted octanol–water partition coefficient (Wildman–Crippen LogP) is 1.98. The molecule has 27 heavy (non-hydrogen) atoms. The van der Waals surface area contributed by atoms with Gasteiger partial charge in [-0.15, -0.1) is 0 Å². The van der Waals surface area contributed by atoms with Crippen molar-refractivity contribution in [2.45, 2.75) is 39.2 Å². The van der Waals surface area contributed by atoms with Crippen molar-refractivity contribution in [1.29, 1.82) is 0 Å². The number of piperidine rings is 1. The highest BCUT2D eigenvalue weighted by Crippen LogP contribution is 2.27. The second kappa shape index (κ2) is 8.04. The van der Waals surface area contributed by atoms with Crippen LogP contribution in [0, 0.1) is 5.92 Å². The van der Waals surface area contributed by atoms with Crippen LogP contribution in [-0.4, -0.2) is 64.0 Å². The maximum atomic E-state index is 12.5. The summed E-state index contributed by atoms with van der Waals surface area (Å²) in [6, 6.07) is 0.280. The molecule has 9 heteroatoms. The van der Waals surface area contributed by atoms with Gasteiger partial charge < -0.3 is 0 Å². The highest BCUT2D eigenvalue weighted by Gasteiger charge is 2.31. The molecule has 2 aromatic rings. The summed E-state index contributed by atoms with van der Waals surface area (Å²) < 4.78 is 29.7. The molecule has 2 aromatic heterocycles. The molecule has 1 fully saturated rings. The SMILES string of the molecule is CC(C)n1cc(-c2nccnc2C[C@@H]2CCCN(S(=O)(=O)N(C)C)C2)cn1. The lowest BCUT2D eigenvalue weighted by Gasteiger charge is -2.33. The van der Waals surface area contributed by atoms with Crippen LogP contribution in [0.15, 0.2) is 24.8 Å². The fraction of sp³-hybridized carbons (Fsp3) is 0.611. The van der Waals surface area contributed by atoms with E-state index in [4.69, 9.17) is 0 Å². The fourth-order valence-corrected chi connectivity index (χ4v) is 4.63. The number of hydrogen-bond donors (Lipinski definition) is 0. The zero-order valence-corrected chi connectivity index (χ0v) is 17.2. The highest BCUT2D eigenvalue weighted by molar-refractivity contribution is 7.86. The Morgan fingerprint density at radius 3 is 2.67 bits per heavy atom. The van der Waals surface area contributed by atoms with Crippen LogP contribution in [0.5, 0.6) is 0 Å². The van der Waals surface area contributed by atoms with E-state index in [1.54, 1.807) is 30.8 Å². The molecule has 3 heterocycles. The summed E-state index contributed by atoms with van der Waals surface area (Å²) in [5.41, 5.74) is 2.67. The molecular formula is C18H28N6O2S. The largest absolute Gasteiger partial charge is 0.281 e. The monoisotopic (exact) mass is 392 g/mol. The van der Waals surface area contributed by atoms with Gasteiger partial charge in [-0.05, 0) is 39.0 Å². The average molecular weight is 393 g/mol. The molecule has 0 aliphatic carbocycles. The minimum atomic E-state index is -3.38. The van der Waals surface area contributed by atoms with Crippen molar-refractivity contribution < 1.29 is 8.42 Å². The molecule has 8 nitrogen and oxygen atoms in total. The molecule has 0 N–H and O–H groups in total. The Hall–Kier alpha value is -1.84. The van der Waals surface area contributed by atoms with Crippen molar-refractivity contribution in [1.82, 2.24) is 28.4 Å². The molecule has 0 saturated carbocycles. The van der Waals surface area contributed by atoms with Gasteiger partial charge in [-0.3, -0.25) is 14.6 Å². The van der Waals surface area contributed by atoms with Gasteiger partial charge >= 0.3 is 0 Å². The van der Waals surface area contributed by atoms with E-state index in [9.17, 15) is 8.42 Å². The molecule has 0 unspecified atom stereocenters. The molecular weight excluding hydrogens is 364 g/mol. The van der Waals surface area contributed by atoms with Crippen LogP contribution in [-0.2, 0) is 16.6 Å². The van der Waals surface area contributed by atoms with Gasteiger partial charge in [0.25, 0.3) is 10.2 Å². The Kier molecular flexibility index (Phi) is 5.92. The van der Waals surface area contributed by atoms with Crippen LogP contribution in [0.25, 0.3) is 11.3 Å². The minimum Gasteiger partial charge on any atom is -0.270 e. The first kappa shape index (κ1) is 19.9. The Bertz CT molecular complexity index is 877. The van der Waals surface area contributed by atoms with Crippen LogP contribution in [0.1, 0.15) is 38.4 Å². The number of hydrogen-bond acceptors (Lipinski definition) is 5. The zero-order chi connectivity index (χ0) is 19.6. The second-order valence-electron chi connectivity index (χ2n) is 7.51. The molecule has 0 amide bonds. The van der Waals surface area contributed by atoms with Crippen molar-refractivity contribution in [3.8, 4) is 11.3 Å². The van der Waals surface area contributed by atoms with Gasteiger partial charge in [0, 0.05) is 57.4 Å². The third-order valence-electron chi connectivity index (χ3n) is 4.93. The molecule has 1 aliphatic heterocycles. The molecule has 0 spiro atoms. The Labute approximate surface area is 161 Å². The molecule has 0 aromatic carbocycles. The van der Waals surface area contributed by atoms with Crippen molar-refractivity contribution in [3.05, 3.63) is 30.5 Å². The quantitative estimate of drug-likeness (QED) is 0.750. The van der Waals surface area contributed by atoms with Crippen molar-refractivity contribution in [2.24, 2.45) is 5.92 Å². The number of nitrogens with zero attached hydrogens (tertiary/aromatic N) is 6. The summed E-state index contributed by atoms with van der Waals surface area (Å²) in [6.45, 7) is 5.25. The third-order valence-corrected chi connectivity index (χ3v) is 6.84. The lowest BCUT2D eigenvalue weighted by molar-refractivity contribution is 0.253. The Balaban J connectivity index is 1.80. The number of rotatable bonds is 6. The summed E-state index contributed by atoms with van der Waals surface area (Å²) in [5, 5.41) is 4.40. The molecule has 1 aliphatic rings. The number of aromatic nitrogens is 4. The summed E-state index contributed by atoms with van der Waals surface area (Å²) in [6.07, 6.45) is 9.74. The summed E-state index contributed by atoms with van der Waals surface area (Å²) in [4.78, 5) is 9.07. The van der Waals surface area contributed by atoms with E-state index in [-0.39, 0.29) is 12.0 Å². The van der Waals surface area contributed by atoms with Gasteiger partial charge in [0.2, 0.25) is 0 Å². The van der Waals surface area contributed by atoms with Crippen LogP contribution in [0.4, 0.5) is 0 Å². The summed E-state index contributed by atoms with van der Waals surface area (Å²) in [5.74, 6) is 0.226. The van der Waals surface area contributed by atoms with E-state index in [2.05, 4.69) is 28.9 Å². The van der Waals surface area contributed by atoms with Gasteiger partial charge in [0.15, 0.2) is 0 Å². The van der Waals surface area contributed by atoms with E-state index >= 15 is 0 Å². The normalized spacial score (nSPS) is 19.1. The fourth-order valence-electron chi connectivity index (χ4n) is 3.41. The van der Waals surface area contributed by atoms with Crippen LogP contribution in [0.3, 0.4) is 0 Å². The average Bonchev–Trinajstić information content (AvgIpc) is 3.12. The highest BCUT2D eigenvalue weighted by atomic mass is 32.2. The first-order chi connectivity index (χ1) is 12.8. The van der Waals surface area contributed by atoms with Gasteiger partial charge in [0.05, 0.1) is 17.6 Å². The van der Waals surface area contributed by atoms with Crippen molar-refractivity contribution in [2.75, 3.05) is 27.2 Å². The van der Waals surface area contributed by atoms with E-state index in [0.29, 0.717) is 19.5 Å². The molecule has 0 bridgehead atoms. The molecule has 1 saturated heterocycles. The smallest absolute Gasteiger partial charge is 0.270 e. The van der Waals surface area contributed by atoms with Gasteiger partial charge in [-0.25, -0.2) is 0 Å². The lowest BCUT2D eigenvalue weighted by atomic mass is 9.93. The summed E-state index contributed by atoms with van der Waals surface area (Å²) >= 11 is 0. The van der Waals surface area contributed by atoms with E-state index in [1.807, 2.05) is 17.1 Å². The second-order valence-corrected chi connectivity index (χ2v) is 9.66. The third kappa shape index (κ3) is 4.36. The topological polar surface area (TPSA) is 84.2 Å². The van der Waals surface area contributed by atoms with Gasteiger partial charge in [-0.1, -0.05) is 0 Å². The Morgan fingerprint density at radius 2 is 2.00 bits per heavy atom. The summed E-state index contributed by atoms with van der Waals surface area (Å²) in [7, 11) is -0.225. The first-order valence-electron chi connectivity index (χ1n) is 9.31.